The highest BCUT2D eigenvalue weighted by Crippen LogP contribution is 2.38. The number of rotatable bonds is 5. The highest BCUT2D eigenvalue weighted by Gasteiger charge is 2.51. The molecule has 30 heavy (non-hydrogen) atoms. The molecule has 2 aliphatic rings. The van der Waals surface area contributed by atoms with Crippen LogP contribution in [-0.4, -0.2) is 57.0 Å². The van der Waals surface area contributed by atoms with Crippen LogP contribution in [0.2, 0.25) is 0 Å². The second-order valence-corrected chi connectivity index (χ2v) is 7.97. The minimum absolute atomic E-state index is 0.0343. The zero-order chi connectivity index (χ0) is 20.9. The van der Waals surface area contributed by atoms with E-state index < -0.39 is 5.82 Å². The van der Waals surface area contributed by atoms with E-state index in [1.807, 2.05) is 4.90 Å². The van der Waals surface area contributed by atoms with Crippen LogP contribution in [0.3, 0.4) is 0 Å². The molecule has 9 nitrogen and oxygen atoms in total. The molecule has 0 radical (unpaired) electrons. The third kappa shape index (κ3) is 3.13. The van der Waals surface area contributed by atoms with Gasteiger partial charge in [-0.25, -0.2) is 4.39 Å². The van der Waals surface area contributed by atoms with E-state index in [0.29, 0.717) is 35.2 Å². The molecular formula is C20H21FN6O3. The molecule has 0 bridgehead atoms. The molecule has 1 N–H and O–H groups in total. The van der Waals surface area contributed by atoms with Crippen molar-refractivity contribution in [3.63, 3.8) is 0 Å². The first-order chi connectivity index (χ1) is 14.4. The summed E-state index contributed by atoms with van der Waals surface area (Å²) in [5.74, 6) is 0.751. The van der Waals surface area contributed by atoms with E-state index >= 15 is 0 Å². The zero-order valence-electron chi connectivity index (χ0n) is 16.7. The van der Waals surface area contributed by atoms with Crippen molar-refractivity contribution in [1.29, 1.82) is 0 Å². The molecule has 3 aromatic rings. The lowest BCUT2D eigenvalue weighted by Crippen LogP contribution is -2.67. The molecule has 5 rings (SSSR count). The molecule has 0 saturated carbocycles. The average Bonchev–Trinajstić information content (AvgIpc) is 3.20. The Morgan fingerprint density at radius 2 is 2.13 bits per heavy atom. The van der Waals surface area contributed by atoms with E-state index in [4.69, 9.17) is 9.26 Å². The van der Waals surface area contributed by atoms with Gasteiger partial charge >= 0.3 is 0 Å². The maximum atomic E-state index is 13.2. The lowest BCUT2D eigenvalue weighted by atomic mass is 9.78. The van der Waals surface area contributed by atoms with Crippen molar-refractivity contribution in [2.75, 3.05) is 31.6 Å². The maximum absolute atomic E-state index is 13.2. The number of amides is 1. The van der Waals surface area contributed by atoms with Gasteiger partial charge in [0.05, 0.1) is 30.5 Å². The topological polar surface area (TPSA) is 98.3 Å². The summed E-state index contributed by atoms with van der Waals surface area (Å²) in [5, 5.41) is 11.7. The maximum Gasteiger partial charge on any atom is 0.272 e. The number of hydrogen-bond donors (Lipinski definition) is 1. The molecule has 1 amide bonds. The number of carbonyl (C=O) groups excluding carboxylic acids is 1. The average molecular weight is 412 g/mol. The predicted octanol–water partition coefficient (Wildman–Crippen LogP) is 2.00. The summed E-state index contributed by atoms with van der Waals surface area (Å²) in [6.45, 7) is 5.10. The summed E-state index contributed by atoms with van der Waals surface area (Å²) in [5.41, 5.74) is 2.55. The highest BCUT2D eigenvalue weighted by atomic mass is 19.1. The molecule has 5 heterocycles. The predicted molar refractivity (Wildman–Crippen MR) is 104 cm³/mol. The summed E-state index contributed by atoms with van der Waals surface area (Å²) >= 11 is 0. The third-order valence-electron chi connectivity index (χ3n) is 5.66. The minimum atomic E-state index is -0.415. The van der Waals surface area contributed by atoms with Crippen LogP contribution < -0.4 is 5.32 Å². The van der Waals surface area contributed by atoms with Crippen molar-refractivity contribution in [1.82, 2.24) is 24.8 Å². The standard InChI is InChI=1S/C20H21FN6O3/c1-12-14(18(25-30-12)15-4-3-13(21)6-22-15)7-23-17-5-16(26(2)24-17)19(28)27-8-20(9-27)10-29-11-20/h3-6H,7-11H2,1-2H3,(H,23,24). The number of aryl methyl sites for hydroxylation is 2. The Kier molecular flexibility index (Phi) is 4.31. The molecule has 0 aliphatic carbocycles. The Bertz CT molecular complexity index is 1090. The van der Waals surface area contributed by atoms with Crippen LogP contribution >= 0.6 is 0 Å². The van der Waals surface area contributed by atoms with Gasteiger partial charge in [0, 0.05) is 38.3 Å². The van der Waals surface area contributed by atoms with Gasteiger partial charge in [0.15, 0.2) is 0 Å². The van der Waals surface area contributed by atoms with Crippen LogP contribution in [0.5, 0.6) is 0 Å². The zero-order valence-corrected chi connectivity index (χ0v) is 16.7. The SMILES string of the molecule is Cc1onc(-c2ccc(F)cn2)c1CNc1cc(C(=O)N2CC3(COC3)C2)n(C)n1. The first-order valence-corrected chi connectivity index (χ1v) is 9.66. The van der Waals surface area contributed by atoms with Crippen molar-refractivity contribution in [3.8, 4) is 11.4 Å². The van der Waals surface area contributed by atoms with Crippen LogP contribution in [0.15, 0.2) is 28.9 Å². The molecule has 2 aliphatic heterocycles. The summed E-state index contributed by atoms with van der Waals surface area (Å²) in [7, 11) is 1.75. The van der Waals surface area contributed by atoms with Crippen molar-refractivity contribution in [2.24, 2.45) is 12.5 Å². The molecule has 0 atom stereocenters. The number of aromatic nitrogens is 4. The molecule has 0 unspecified atom stereocenters. The molecule has 10 heteroatoms. The van der Waals surface area contributed by atoms with Crippen molar-refractivity contribution in [2.45, 2.75) is 13.5 Å². The van der Waals surface area contributed by atoms with E-state index in [1.165, 1.54) is 6.07 Å². The second-order valence-electron chi connectivity index (χ2n) is 7.97. The number of nitrogens with one attached hydrogen (secondary N) is 1. The van der Waals surface area contributed by atoms with Crippen LogP contribution in [-0.2, 0) is 18.3 Å². The molecule has 1 spiro atoms. The van der Waals surface area contributed by atoms with Crippen molar-refractivity contribution >= 4 is 11.7 Å². The summed E-state index contributed by atoms with van der Waals surface area (Å²) in [4.78, 5) is 18.7. The molecular weight excluding hydrogens is 391 g/mol. The van der Waals surface area contributed by atoms with Gasteiger partial charge in [-0.3, -0.25) is 14.5 Å². The smallest absolute Gasteiger partial charge is 0.272 e. The van der Waals surface area contributed by atoms with Gasteiger partial charge in [-0.15, -0.1) is 0 Å². The largest absolute Gasteiger partial charge is 0.380 e. The van der Waals surface area contributed by atoms with Gasteiger partial charge in [-0.1, -0.05) is 5.16 Å². The number of nitrogens with zero attached hydrogens (tertiary/aromatic N) is 5. The second kappa shape index (κ2) is 6.91. The monoisotopic (exact) mass is 412 g/mol. The lowest BCUT2D eigenvalue weighted by Gasteiger charge is -2.54. The summed E-state index contributed by atoms with van der Waals surface area (Å²) in [6, 6.07) is 4.62. The van der Waals surface area contributed by atoms with Gasteiger partial charge in [-0.2, -0.15) is 5.10 Å². The Hall–Kier alpha value is -3.27. The van der Waals surface area contributed by atoms with Crippen LogP contribution in [0.25, 0.3) is 11.4 Å². The normalized spacial score (nSPS) is 17.0. The summed E-state index contributed by atoms with van der Waals surface area (Å²) < 4.78 is 25.3. The first kappa shape index (κ1) is 18.7. The number of ether oxygens (including phenoxy) is 1. The van der Waals surface area contributed by atoms with E-state index in [1.54, 1.807) is 30.8 Å². The Morgan fingerprint density at radius 1 is 1.33 bits per heavy atom. The van der Waals surface area contributed by atoms with E-state index in [-0.39, 0.29) is 11.3 Å². The van der Waals surface area contributed by atoms with Gasteiger partial charge in [0.25, 0.3) is 5.91 Å². The number of carbonyl (C=O) groups is 1. The Morgan fingerprint density at radius 3 is 2.80 bits per heavy atom. The number of likely N-dealkylation sites (tertiary alicyclic amines) is 1. The number of halogens is 1. The molecule has 156 valence electrons. The first-order valence-electron chi connectivity index (χ1n) is 9.66. The van der Waals surface area contributed by atoms with E-state index in [9.17, 15) is 9.18 Å². The minimum Gasteiger partial charge on any atom is -0.380 e. The molecule has 0 aromatic carbocycles. The van der Waals surface area contributed by atoms with Crippen molar-refractivity contribution < 1.29 is 18.4 Å². The van der Waals surface area contributed by atoms with Gasteiger partial charge in [-0.05, 0) is 19.1 Å². The van der Waals surface area contributed by atoms with Gasteiger partial charge in [0.2, 0.25) is 0 Å². The lowest BCUT2D eigenvalue weighted by molar-refractivity contribution is -0.176. The molecule has 3 aromatic heterocycles. The van der Waals surface area contributed by atoms with Crippen molar-refractivity contribution in [3.05, 3.63) is 47.2 Å². The Labute approximate surface area is 171 Å². The fourth-order valence-electron chi connectivity index (χ4n) is 3.89. The number of hydrogen-bond acceptors (Lipinski definition) is 7. The number of anilines is 1. The van der Waals surface area contributed by atoms with E-state index in [2.05, 4.69) is 20.6 Å². The Balaban J connectivity index is 1.29. The fourth-order valence-corrected chi connectivity index (χ4v) is 3.89. The number of pyridine rings is 1. The summed E-state index contributed by atoms with van der Waals surface area (Å²) in [6.07, 6.45) is 1.14. The molecule has 2 saturated heterocycles. The fraction of sp³-hybridized carbons (Fsp3) is 0.400. The highest BCUT2D eigenvalue weighted by molar-refractivity contribution is 5.94. The van der Waals surface area contributed by atoms with Gasteiger partial charge in [0.1, 0.15) is 28.8 Å². The quantitative estimate of drug-likeness (QED) is 0.684. The van der Waals surface area contributed by atoms with Gasteiger partial charge < -0.3 is 19.5 Å². The molecule has 2 fully saturated rings. The van der Waals surface area contributed by atoms with E-state index in [0.717, 1.165) is 38.1 Å². The van der Waals surface area contributed by atoms with Crippen LogP contribution in [0.1, 0.15) is 21.8 Å². The third-order valence-corrected chi connectivity index (χ3v) is 5.66. The van der Waals surface area contributed by atoms with Crippen LogP contribution in [0.4, 0.5) is 10.2 Å². The van der Waals surface area contributed by atoms with Crippen LogP contribution in [0, 0.1) is 18.2 Å².